The van der Waals surface area contributed by atoms with Crippen molar-refractivity contribution in [2.45, 2.75) is 18.5 Å². The number of nitrogens with zero attached hydrogens (tertiary/aromatic N) is 3. The van der Waals surface area contributed by atoms with Gasteiger partial charge in [-0.2, -0.15) is 0 Å². The van der Waals surface area contributed by atoms with Crippen molar-refractivity contribution in [1.82, 2.24) is 20.1 Å². The van der Waals surface area contributed by atoms with E-state index in [9.17, 15) is 9.59 Å². The third-order valence-electron chi connectivity index (χ3n) is 4.30. The molecule has 26 heavy (non-hydrogen) atoms. The minimum atomic E-state index is -0.274. The van der Waals surface area contributed by atoms with Crippen molar-refractivity contribution in [3.05, 3.63) is 65.2 Å². The maximum atomic E-state index is 12.4. The van der Waals surface area contributed by atoms with Crippen LogP contribution in [-0.4, -0.2) is 37.8 Å². The Balaban J connectivity index is 1.45. The first-order valence-electron chi connectivity index (χ1n) is 8.27. The van der Waals surface area contributed by atoms with Gasteiger partial charge in [-0.3, -0.25) is 19.6 Å². The van der Waals surface area contributed by atoms with Crippen molar-refractivity contribution >= 4 is 23.6 Å². The summed E-state index contributed by atoms with van der Waals surface area (Å²) >= 11 is 1.25. The van der Waals surface area contributed by atoms with E-state index in [4.69, 9.17) is 0 Å². The van der Waals surface area contributed by atoms with Gasteiger partial charge in [0.15, 0.2) is 5.82 Å². The summed E-state index contributed by atoms with van der Waals surface area (Å²) in [6.07, 6.45) is 0.984. The Morgan fingerprint density at radius 1 is 1.00 bits per heavy atom. The number of aromatic nitrogens is 3. The molecule has 0 fully saturated rings. The monoisotopic (exact) mass is 364 g/mol. The molecule has 2 heterocycles. The number of imide groups is 1. The van der Waals surface area contributed by atoms with Gasteiger partial charge in [0.2, 0.25) is 5.16 Å². The molecule has 130 valence electrons. The molecular formula is C19H16N4O2S. The minimum absolute atomic E-state index is 0.179. The molecule has 2 aromatic carbocycles. The fourth-order valence-corrected chi connectivity index (χ4v) is 3.56. The van der Waals surface area contributed by atoms with Crippen molar-refractivity contribution in [1.29, 1.82) is 0 Å². The number of benzene rings is 2. The molecule has 0 radical (unpaired) electrons. The molecule has 0 bridgehead atoms. The normalized spacial score (nSPS) is 13.3. The van der Waals surface area contributed by atoms with Crippen LogP contribution in [0.1, 0.15) is 33.2 Å². The van der Waals surface area contributed by atoms with E-state index in [0.29, 0.717) is 22.1 Å². The van der Waals surface area contributed by atoms with Crippen LogP contribution in [-0.2, 0) is 6.42 Å². The van der Waals surface area contributed by atoms with Crippen LogP contribution in [0.15, 0.2) is 53.7 Å². The minimum Gasteiger partial charge on any atom is -0.269 e. The average Bonchev–Trinajstić information content (AvgIpc) is 3.25. The lowest BCUT2D eigenvalue weighted by Gasteiger charge is -2.11. The van der Waals surface area contributed by atoms with Crippen LogP contribution in [0, 0.1) is 0 Å². The number of aryl methyl sites for hydroxylation is 1. The number of rotatable bonds is 5. The van der Waals surface area contributed by atoms with E-state index >= 15 is 0 Å². The maximum absolute atomic E-state index is 12.4. The molecule has 0 saturated heterocycles. The number of H-pyrrole nitrogens is 1. The molecule has 0 aliphatic carbocycles. The molecule has 1 aliphatic heterocycles. The average molecular weight is 364 g/mol. The highest BCUT2D eigenvalue weighted by molar-refractivity contribution is 7.99. The Bertz CT molecular complexity index is 946. The Morgan fingerprint density at radius 3 is 2.27 bits per heavy atom. The van der Waals surface area contributed by atoms with E-state index < -0.39 is 0 Å². The molecule has 4 rings (SSSR count). The third kappa shape index (κ3) is 2.90. The van der Waals surface area contributed by atoms with E-state index in [2.05, 4.69) is 34.2 Å². The van der Waals surface area contributed by atoms with E-state index in [1.807, 2.05) is 12.1 Å². The highest BCUT2D eigenvalue weighted by Gasteiger charge is 2.35. The first kappa shape index (κ1) is 16.5. The summed E-state index contributed by atoms with van der Waals surface area (Å²) in [5, 5.41) is 7.57. The van der Waals surface area contributed by atoms with E-state index in [-0.39, 0.29) is 17.7 Å². The molecule has 1 aromatic heterocycles. The van der Waals surface area contributed by atoms with Gasteiger partial charge in [-0.05, 0) is 24.1 Å². The summed E-state index contributed by atoms with van der Waals surface area (Å²) in [6, 6.07) is 15.0. The summed E-state index contributed by atoms with van der Waals surface area (Å²) in [4.78, 5) is 30.4. The smallest absolute Gasteiger partial charge is 0.262 e. The number of hydrogen-bond acceptors (Lipinski definition) is 5. The number of amides is 2. The highest BCUT2D eigenvalue weighted by atomic mass is 32.2. The molecule has 6 nitrogen and oxygen atoms in total. The van der Waals surface area contributed by atoms with Crippen LogP contribution in [0.5, 0.6) is 0 Å². The first-order valence-corrected chi connectivity index (χ1v) is 9.25. The fraction of sp³-hybridized carbons (Fsp3) is 0.158. The summed E-state index contributed by atoms with van der Waals surface area (Å²) in [5.41, 5.74) is 3.10. The molecule has 2 amide bonds. The van der Waals surface area contributed by atoms with Gasteiger partial charge in [0.05, 0.1) is 17.0 Å². The zero-order valence-corrected chi connectivity index (χ0v) is 14.9. The Morgan fingerprint density at radius 2 is 1.65 bits per heavy atom. The summed E-state index contributed by atoms with van der Waals surface area (Å²) in [5.74, 6) is 0.295. The standard InChI is InChI=1S/C19H16N4O2S/c1-2-12-7-9-13(10-8-12)16-20-19(22-21-16)26-11-23-17(24)14-5-3-4-6-15(14)18(23)25/h3-10H,2,11H2,1H3,(H,20,21,22). The first-order chi connectivity index (χ1) is 12.7. The second-order valence-electron chi connectivity index (χ2n) is 5.87. The van der Waals surface area contributed by atoms with Crippen molar-refractivity contribution < 1.29 is 9.59 Å². The molecule has 1 aliphatic rings. The lowest BCUT2D eigenvalue weighted by Crippen LogP contribution is -2.29. The Hall–Kier alpha value is -2.93. The summed E-state index contributed by atoms with van der Waals surface area (Å²) < 4.78 is 0. The zero-order valence-electron chi connectivity index (χ0n) is 14.1. The maximum Gasteiger partial charge on any atom is 0.262 e. The molecule has 3 aromatic rings. The van der Waals surface area contributed by atoms with Crippen molar-refractivity contribution in [3.8, 4) is 11.4 Å². The van der Waals surface area contributed by atoms with Gasteiger partial charge < -0.3 is 0 Å². The topological polar surface area (TPSA) is 79.0 Å². The molecule has 1 N–H and O–H groups in total. The summed E-state index contributed by atoms with van der Waals surface area (Å²) in [6.45, 7) is 2.11. The van der Waals surface area contributed by atoms with Crippen LogP contribution in [0.25, 0.3) is 11.4 Å². The molecule has 0 saturated carbocycles. The van der Waals surface area contributed by atoms with E-state index in [0.717, 1.165) is 12.0 Å². The number of carbonyl (C=O) groups excluding carboxylic acids is 2. The Labute approximate surface area is 154 Å². The quantitative estimate of drug-likeness (QED) is 0.555. The predicted molar refractivity (Wildman–Crippen MR) is 98.9 cm³/mol. The largest absolute Gasteiger partial charge is 0.269 e. The van der Waals surface area contributed by atoms with Crippen LogP contribution in [0.3, 0.4) is 0 Å². The second kappa shape index (κ2) is 6.76. The highest BCUT2D eigenvalue weighted by Crippen LogP contribution is 2.26. The van der Waals surface area contributed by atoms with Gasteiger partial charge in [0.25, 0.3) is 11.8 Å². The van der Waals surface area contributed by atoms with Gasteiger partial charge in [0.1, 0.15) is 0 Å². The van der Waals surface area contributed by atoms with Crippen LogP contribution in [0.4, 0.5) is 0 Å². The van der Waals surface area contributed by atoms with Gasteiger partial charge in [0, 0.05) is 5.56 Å². The number of hydrogen-bond donors (Lipinski definition) is 1. The van der Waals surface area contributed by atoms with Crippen molar-refractivity contribution in [2.75, 3.05) is 5.88 Å². The number of carbonyl (C=O) groups is 2. The lowest BCUT2D eigenvalue weighted by atomic mass is 10.1. The molecule has 0 spiro atoms. The van der Waals surface area contributed by atoms with Gasteiger partial charge >= 0.3 is 0 Å². The van der Waals surface area contributed by atoms with Crippen molar-refractivity contribution in [3.63, 3.8) is 0 Å². The zero-order chi connectivity index (χ0) is 18.1. The molecule has 7 heteroatoms. The van der Waals surface area contributed by atoms with Crippen LogP contribution in [0.2, 0.25) is 0 Å². The van der Waals surface area contributed by atoms with E-state index in [1.165, 1.54) is 22.2 Å². The number of fused-ring (bicyclic) bond motifs is 1. The second-order valence-corrected chi connectivity index (χ2v) is 6.79. The van der Waals surface area contributed by atoms with Crippen molar-refractivity contribution in [2.24, 2.45) is 0 Å². The number of thioether (sulfide) groups is 1. The Kier molecular flexibility index (Phi) is 4.30. The van der Waals surface area contributed by atoms with Gasteiger partial charge in [-0.25, -0.2) is 4.98 Å². The van der Waals surface area contributed by atoms with E-state index in [1.54, 1.807) is 24.3 Å². The van der Waals surface area contributed by atoms with Gasteiger partial charge in [-0.1, -0.05) is 55.1 Å². The molecule has 0 unspecified atom stereocenters. The lowest BCUT2D eigenvalue weighted by molar-refractivity contribution is 0.0684. The SMILES string of the molecule is CCc1ccc(-c2nc(SCN3C(=O)c4ccccc4C3=O)n[nH]2)cc1. The number of nitrogens with one attached hydrogen (secondary N) is 1. The fourth-order valence-electron chi connectivity index (χ4n) is 2.82. The van der Waals surface area contributed by atoms with Gasteiger partial charge in [-0.15, -0.1) is 5.10 Å². The number of aromatic amines is 1. The van der Waals surface area contributed by atoms with Crippen LogP contribution < -0.4 is 0 Å². The van der Waals surface area contributed by atoms with Crippen LogP contribution >= 0.6 is 11.8 Å². The predicted octanol–water partition coefficient (Wildman–Crippen LogP) is 3.38. The third-order valence-corrected chi connectivity index (χ3v) is 5.13. The molecule has 0 atom stereocenters. The molecular weight excluding hydrogens is 348 g/mol. The summed E-state index contributed by atoms with van der Waals surface area (Å²) in [7, 11) is 0.